The van der Waals surface area contributed by atoms with Gasteiger partial charge in [-0.15, -0.1) is 0 Å². The van der Waals surface area contributed by atoms with Crippen LogP contribution in [-0.2, 0) is 0 Å². The molecule has 1 fully saturated rings. The van der Waals surface area contributed by atoms with Crippen LogP contribution >= 0.6 is 0 Å². The summed E-state index contributed by atoms with van der Waals surface area (Å²) >= 11 is 0. The van der Waals surface area contributed by atoms with E-state index in [4.69, 9.17) is 0 Å². The third-order valence-corrected chi connectivity index (χ3v) is 3.84. The first kappa shape index (κ1) is 14.9. The van der Waals surface area contributed by atoms with Crippen molar-refractivity contribution in [1.82, 2.24) is 4.90 Å². The van der Waals surface area contributed by atoms with Crippen LogP contribution in [0, 0.1) is 0 Å². The normalized spacial score (nSPS) is 21.3. The molecule has 1 heterocycles. The van der Waals surface area contributed by atoms with E-state index in [1.54, 1.807) is 25.1 Å². The van der Waals surface area contributed by atoms with Crippen molar-refractivity contribution < 1.29 is 15.0 Å². The standard InChI is InChI=1S/C16H23NO3/c1-12(18)10-14-7-3-2-4-9-17(14)16(20)13-6-5-8-15(19)11-13/h5-6,8,11-12,14,18-19H,2-4,7,9-10H2,1H3. The quantitative estimate of drug-likeness (QED) is 0.892. The van der Waals surface area contributed by atoms with Crippen molar-refractivity contribution in [3.8, 4) is 5.75 Å². The third kappa shape index (κ3) is 3.73. The summed E-state index contributed by atoms with van der Waals surface area (Å²) in [6.07, 6.45) is 4.37. The molecule has 4 heteroatoms. The number of likely N-dealkylation sites (tertiary alicyclic amines) is 1. The molecular formula is C16H23NO3. The Morgan fingerprint density at radius 2 is 2.20 bits per heavy atom. The molecule has 1 aliphatic heterocycles. The number of phenols is 1. The molecule has 0 aromatic heterocycles. The highest BCUT2D eigenvalue weighted by atomic mass is 16.3. The van der Waals surface area contributed by atoms with Gasteiger partial charge in [-0.05, 0) is 44.4 Å². The minimum Gasteiger partial charge on any atom is -0.508 e. The van der Waals surface area contributed by atoms with E-state index in [-0.39, 0.29) is 17.7 Å². The van der Waals surface area contributed by atoms with E-state index in [1.165, 1.54) is 6.07 Å². The molecule has 2 unspecified atom stereocenters. The second-order valence-electron chi connectivity index (χ2n) is 5.64. The molecule has 2 rings (SSSR count). The molecule has 1 saturated heterocycles. The molecule has 2 N–H and O–H groups in total. The maximum Gasteiger partial charge on any atom is 0.254 e. The van der Waals surface area contributed by atoms with Crippen molar-refractivity contribution in [3.05, 3.63) is 29.8 Å². The molecule has 20 heavy (non-hydrogen) atoms. The smallest absolute Gasteiger partial charge is 0.254 e. The van der Waals surface area contributed by atoms with Crippen molar-refractivity contribution in [1.29, 1.82) is 0 Å². The van der Waals surface area contributed by atoms with Crippen LogP contribution < -0.4 is 0 Å². The van der Waals surface area contributed by atoms with Gasteiger partial charge in [0.05, 0.1) is 6.10 Å². The van der Waals surface area contributed by atoms with Crippen LogP contribution in [0.25, 0.3) is 0 Å². The van der Waals surface area contributed by atoms with Crippen LogP contribution in [0.2, 0.25) is 0 Å². The number of carbonyl (C=O) groups excluding carboxylic acids is 1. The molecule has 110 valence electrons. The van der Waals surface area contributed by atoms with Gasteiger partial charge < -0.3 is 15.1 Å². The molecule has 1 aliphatic rings. The monoisotopic (exact) mass is 277 g/mol. The Hall–Kier alpha value is -1.55. The first-order valence-electron chi connectivity index (χ1n) is 7.36. The predicted octanol–water partition coefficient (Wildman–Crippen LogP) is 2.55. The highest BCUT2D eigenvalue weighted by molar-refractivity contribution is 5.94. The molecular weight excluding hydrogens is 254 g/mol. The summed E-state index contributed by atoms with van der Waals surface area (Å²) in [6, 6.07) is 6.57. The van der Waals surface area contributed by atoms with Gasteiger partial charge in [-0.1, -0.05) is 18.9 Å². The van der Waals surface area contributed by atoms with E-state index in [9.17, 15) is 15.0 Å². The minimum atomic E-state index is -0.405. The number of hydrogen-bond donors (Lipinski definition) is 2. The number of aliphatic hydroxyl groups excluding tert-OH is 1. The van der Waals surface area contributed by atoms with Gasteiger partial charge in [0.15, 0.2) is 0 Å². The highest BCUT2D eigenvalue weighted by Gasteiger charge is 2.27. The largest absolute Gasteiger partial charge is 0.508 e. The Kier molecular flexibility index (Phi) is 5.01. The van der Waals surface area contributed by atoms with Gasteiger partial charge >= 0.3 is 0 Å². The number of nitrogens with zero attached hydrogens (tertiary/aromatic N) is 1. The lowest BCUT2D eigenvalue weighted by Gasteiger charge is -2.31. The molecule has 0 spiro atoms. The van der Waals surface area contributed by atoms with Gasteiger partial charge in [-0.3, -0.25) is 4.79 Å². The van der Waals surface area contributed by atoms with Gasteiger partial charge in [0.1, 0.15) is 5.75 Å². The Labute approximate surface area is 120 Å². The molecule has 2 atom stereocenters. The van der Waals surface area contributed by atoms with Crippen LogP contribution in [0.3, 0.4) is 0 Å². The molecule has 0 bridgehead atoms. The lowest BCUT2D eigenvalue weighted by atomic mass is 10.0. The second kappa shape index (κ2) is 6.75. The fourth-order valence-corrected chi connectivity index (χ4v) is 2.89. The molecule has 1 aromatic carbocycles. The Balaban J connectivity index is 2.19. The first-order valence-corrected chi connectivity index (χ1v) is 7.36. The second-order valence-corrected chi connectivity index (χ2v) is 5.64. The summed E-state index contributed by atoms with van der Waals surface area (Å²) in [5, 5.41) is 19.1. The first-order chi connectivity index (χ1) is 9.58. The zero-order chi connectivity index (χ0) is 14.5. The van der Waals surface area contributed by atoms with Gasteiger partial charge in [-0.25, -0.2) is 0 Å². The van der Waals surface area contributed by atoms with Crippen molar-refractivity contribution in [3.63, 3.8) is 0 Å². The summed E-state index contributed by atoms with van der Waals surface area (Å²) < 4.78 is 0. The maximum atomic E-state index is 12.6. The molecule has 0 aliphatic carbocycles. The van der Waals surface area contributed by atoms with Crippen LogP contribution in [0.1, 0.15) is 49.4 Å². The summed E-state index contributed by atoms with van der Waals surface area (Å²) in [4.78, 5) is 14.5. The number of amides is 1. The highest BCUT2D eigenvalue weighted by Crippen LogP contribution is 2.23. The number of hydrogen-bond acceptors (Lipinski definition) is 3. The van der Waals surface area contributed by atoms with Crippen LogP contribution in [0.4, 0.5) is 0 Å². The number of benzene rings is 1. The summed E-state index contributed by atoms with van der Waals surface area (Å²) in [5.74, 6) is 0.0613. The average molecular weight is 277 g/mol. The average Bonchev–Trinajstić information content (AvgIpc) is 2.63. The van der Waals surface area contributed by atoms with Gasteiger partial charge in [0, 0.05) is 18.2 Å². The van der Waals surface area contributed by atoms with Crippen molar-refractivity contribution in [2.75, 3.05) is 6.54 Å². The Morgan fingerprint density at radius 1 is 1.40 bits per heavy atom. The Morgan fingerprint density at radius 3 is 2.90 bits per heavy atom. The van der Waals surface area contributed by atoms with Crippen LogP contribution in [0.15, 0.2) is 24.3 Å². The lowest BCUT2D eigenvalue weighted by molar-refractivity contribution is 0.0607. The van der Waals surface area contributed by atoms with Crippen molar-refractivity contribution >= 4 is 5.91 Å². The van der Waals surface area contributed by atoms with E-state index in [1.807, 2.05) is 4.90 Å². The number of carbonyl (C=O) groups is 1. The van der Waals surface area contributed by atoms with E-state index in [0.29, 0.717) is 12.0 Å². The van der Waals surface area contributed by atoms with Gasteiger partial charge in [0.25, 0.3) is 5.91 Å². The van der Waals surface area contributed by atoms with Crippen LogP contribution in [-0.4, -0.2) is 39.7 Å². The third-order valence-electron chi connectivity index (χ3n) is 3.84. The molecule has 4 nitrogen and oxygen atoms in total. The zero-order valence-electron chi connectivity index (χ0n) is 12.0. The summed E-state index contributed by atoms with van der Waals surface area (Å²) in [7, 11) is 0. The summed E-state index contributed by atoms with van der Waals surface area (Å²) in [5.41, 5.74) is 0.516. The Bertz CT molecular complexity index is 459. The van der Waals surface area contributed by atoms with Gasteiger partial charge in [-0.2, -0.15) is 0 Å². The van der Waals surface area contributed by atoms with E-state index in [0.717, 1.165) is 32.2 Å². The maximum absolute atomic E-state index is 12.6. The molecule has 1 aromatic rings. The number of aromatic hydroxyl groups is 1. The number of aliphatic hydroxyl groups is 1. The predicted molar refractivity (Wildman–Crippen MR) is 77.7 cm³/mol. The molecule has 0 saturated carbocycles. The SMILES string of the molecule is CC(O)CC1CCCCCN1C(=O)c1cccc(O)c1. The zero-order valence-corrected chi connectivity index (χ0v) is 12.0. The fourth-order valence-electron chi connectivity index (χ4n) is 2.89. The van der Waals surface area contributed by atoms with E-state index in [2.05, 4.69) is 0 Å². The van der Waals surface area contributed by atoms with E-state index < -0.39 is 6.10 Å². The fraction of sp³-hybridized carbons (Fsp3) is 0.562. The van der Waals surface area contributed by atoms with Crippen LogP contribution in [0.5, 0.6) is 5.75 Å². The van der Waals surface area contributed by atoms with Gasteiger partial charge in [0.2, 0.25) is 0 Å². The number of rotatable bonds is 3. The number of phenolic OH excluding ortho intramolecular Hbond substituents is 1. The molecule has 0 radical (unpaired) electrons. The molecule has 1 amide bonds. The van der Waals surface area contributed by atoms with Crippen molar-refractivity contribution in [2.24, 2.45) is 0 Å². The topological polar surface area (TPSA) is 60.8 Å². The van der Waals surface area contributed by atoms with E-state index >= 15 is 0 Å². The summed E-state index contributed by atoms with van der Waals surface area (Å²) in [6.45, 7) is 2.49. The lowest BCUT2D eigenvalue weighted by Crippen LogP contribution is -2.41. The minimum absolute atomic E-state index is 0.0477. The van der Waals surface area contributed by atoms with Crippen molar-refractivity contribution in [2.45, 2.75) is 51.2 Å².